The van der Waals surface area contributed by atoms with Crippen LogP contribution in [0.3, 0.4) is 0 Å². The standard InChI is InChI=1S/C18H30O3/c1-3-4-5-13-6-8-14(9-7-13)15-10-11-16(17(19)12-15)18(20)21-2/h13-16H,3-12H2,1-2H3. The van der Waals surface area contributed by atoms with Crippen molar-refractivity contribution in [3.05, 3.63) is 0 Å². The fraction of sp³-hybridized carbons (Fsp3) is 0.889. The third-order valence-corrected chi connectivity index (χ3v) is 5.69. The molecule has 2 aliphatic carbocycles. The number of ketones is 1. The Kier molecular flexibility index (Phi) is 6.25. The van der Waals surface area contributed by atoms with Crippen LogP contribution >= 0.6 is 0 Å². The number of carbonyl (C=O) groups excluding carboxylic acids is 2. The maximum absolute atomic E-state index is 12.2. The molecule has 21 heavy (non-hydrogen) atoms. The minimum Gasteiger partial charge on any atom is -0.468 e. The van der Waals surface area contributed by atoms with Gasteiger partial charge in [-0.15, -0.1) is 0 Å². The maximum Gasteiger partial charge on any atom is 0.316 e. The summed E-state index contributed by atoms with van der Waals surface area (Å²) in [5.74, 6) is 1.46. The van der Waals surface area contributed by atoms with Crippen molar-refractivity contribution in [3.8, 4) is 0 Å². The second-order valence-corrected chi connectivity index (χ2v) is 7.01. The van der Waals surface area contributed by atoms with E-state index in [1.54, 1.807) is 0 Å². The lowest BCUT2D eigenvalue weighted by Gasteiger charge is -2.36. The van der Waals surface area contributed by atoms with Crippen molar-refractivity contribution >= 4 is 11.8 Å². The van der Waals surface area contributed by atoms with Gasteiger partial charge in [-0.3, -0.25) is 9.59 Å². The molecule has 2 saturated carbocycles. The van der Waals surface area contributed by atoms with Gasteiger partial charge in [0.15, 0.2) is 0 Å². The number of ether oxygens (including phenoxy) is 1. The molecule has 120 valence electrons. The van der Waals surface area contributed by atoms with E-state index < -0.39 is 5.92 Å². The monoisotopic (exact) mass is 294 g/mol. The first-order valence-corrected chi connectivity index (χ1v) is 8.76. The molecule has 3 heteroatoms. The molecule has 0 amide bonds. The number of rotatable bonds is 5. The van der Waals surface area contributed by atoms with Crippen molar-refractivity contribution in [2.45, 2.75) is 71.1 Å². The predicted molar refractivity (Wildman–Crippen MR) is 82.8 cm³/mol. The van der Waals surface area contributed by atoms with Crippen LogP contribution < -0.4 is 0 Å². The normalized spacial score (nSPS) is 33.7. The summed E-state index contributed by atoms with van der Waals surface area (Å²) in [5, 5.41) is 0. The minimum absolute atomic E-state index is 0.117. The Morgan fingerprint density at radius 2 is 1.76 bits per heavy atom. The summed E-state index contributed by atoms with van der Waals surface area (Å²) in [7, 11) is 1.37. The molecule has 2 atom stereocenters. The fourth-order valence-electron chi connectivity index (χ4n) is 4.28. The first-order valence-electron chi connectivity index (χ1n) is 8.76. The van der Waals surface area contributed by atoms with E-state index in [1.165, 1.54) is 52.1 Å². The van der Waals surface area contributed by atoms with Crippen molar-refractivity contribution in [3.63, 3.8) is 0 Å². The van der Waals surface area contributed by atoms with Gasteiger partial charge in [0.2, 0.25) is 0 Å². The molecule has 2 aliphatic rings. The van der Waals surface area contributed by atoms with Crippen molar-refractivity contribution in [1.29, 1.82) is 0 Å². The summed E-state index contributed by atoms with van der Waals surface area (Å²) in [5.41, 5.74) is 0. The van der Waals surface area contributed by atoms with Gasteiger partial charge >= 0.3 is 5.97 Å². The Balaban J connectivity index is 1.78. The molecule has 0 bridgehead atoms. The Labute approximate surface area is 128 Å². The van der Waals surface area contributed by atoms with Crippen molar-refractivity contribution in [2.75, 3.05) is 7.11 Å². The second kappa shape index (κ2) is 7.95. The van der Waals surface area contributed by atoms with Crippen molar-refractivity contribution in [2.24, 2.45) is 23.7 Å². The minimum atomic E-state index is -0.479. The first-order chi connectivity index (χ1) is 10.2. The van der Waals surface area contributed by atoms with E-state index in [2.05, 4.69) is 6.92 Å². The summed E-state index contributed by atoms with van der Waals surface area (Å²) >= 11 is 0. The highest BCUT2D eigenvalue weighted by atomic mass is 16.5. The van der Waals surface area contributed by atoms with Gasteiger partial charge in [-0.05, 0) is 43.4 Å². The first kappa shape index (κ1) is 16.5. The van der Waals surface area contributed by atoms with E-state index in [1.807, 2.05) is 0 Å². The Morgan fingerprint density at radius 3 is 2.33 bits per heavy atom. The van der Waals surface area contributed by atoms with E-state index in [9.17, 15) is 9.59 Å². The van der Waals surface area contributed by atoms with Crippen LogP contribution in [0.5, 0.6) is 0 Å². The van der Waals surface area contributed by atoms with E-state index >= 15 is 0 Å². The SMILES string of the molecule is CCCCC1CCC(C2CCC(C(=O)OC)C(=O)C2)CC1. The van der Waals surface area contributed by atoms with Crippen LogP contribution in [0.25, 0.3) is 0 Å². The van der Waals surface area contributed by atoms with Crippen LogP contribution in [0.1, 0.15) is 71.1 Å². The molecule has 0 aliphatic heterocycles. The van der Waals surface area contributed by atoms with Crippen LogP contribution in [0.4, 0.5) is 0 Å². The lowest BCUT2D eigenvalue weighted by molar-refractivity contribution is -0.151. The lowest BCUT2D eigenvalue weighted by Crippen LogP contribution is -2.35. The Bertz CT molecular complexity index is 355. The second-order valence-electron chi connectivity index (χ2n) is 7.01. The zero-order valence-corrected chi connectivity index (χ0v) is 13.6. The summed E-state index contributed by atoms with van der Waals surface area (Å²) in [6.07, 6.45) is 11.6. The quantitative estimate of drug-likeness (QED) is 0.565. The van der Waals surface area contributed by atoms with Gasteiger partial charge < -0.3 is 4.74 Å². The van der Waals surface area contributed by atoms with E-state index in [0.717, 1.165) is 12.3 Å². The van der Waals surface area contributed by atoms with E-state index in [0.29, 0.717) is 24.7 Å². The summed E-state index contributed by atoms with van der Waals surface area (Å²) in [4.78, 5) is 23.7. The van der Waals surface area contributed by atoms with Gasteiger partial charge in [-0.2, -0.15) is 0 Å². The largest absolute Gasteiger partial charge is 0.468 e. The number of unbranched alkanes of at least 4 members (excludes halogenated alkanes) is 1. The van der Waals surface area contributed by atoms with Gasteiger partial charge in [0.1, 0.15) is 11.7 Å². The fourth-order valence-corrected chi connectivity index (χ4v) is 4.28. The van der Waals surface area contributed by atoms with Gasteiger partial charge in [0.05, 0.1) is 7.11 Å². The number of carbonyl (C=O) groups is 2. The number of esters is 1. The zero-order valence-electron chi connectivity index (χ0n) is 13.6. The van der Waals surface area contributed by atoms with Crippen LogP contribution in [-0.4, -0.2) is 18.9 Å². The Hall–Kier alpha value is -0.860. The molecule has 0 aromatic heterocycles. The molecule has 0 heterocycles. The molecule has 3 nitrogen and oxygen atoms in total. The Morgan fingerprint density at radius 1 is 1.10 bits per heavy atom. The lowest BCUT2D eigenvalue weighted by atomic mass is 9.68. The van der Waals surface area contributed by atoms with Gasteiger partial charge in [-0.25, -0.2) is 0 Å². The number of methoxy groups -OCH3 is 1. The molecule has 0 N–H and O–H groups in total. The highest BCUT2D eigenvalue weighted by Gasteiger charge is 2.38. The summed E-state index contributed by atoms with van der Waals surface area (Å²) < 4.78 is 4.73. The van der Waals surface area contributed by atoms with Crippen molar-refractivity contribution in [1.82, 2.24) is 0 Å². The third-order valence-electron chi connectivity index (χ3n) is 5.69. The van der Waals surface area contributed by atoms with E-state index in [-0.39, 0.29) is 11.8 Å². The summed E-state index contributed by atoms with van der Waals surface area (Å²) in [6, 6.07) is 0. The van der Waals surface area contributed by atoms with Crippen molar-refractivity contribution < 1.29 is 14.3 Å². The maximum atomic E-state index is 12.2. The molecular formula is C18H30O3. The highest BCUT2D eigenvalue weighted by molar-refractivity contribution is 5.99. The molecule has 0 saturated heterocycles. The number of Topliss-reactive ketones (excluding diaryl/α,β-unsaturated/α-hetero) is 1. The van der Waals surface area contributed by atoms with Crippen LogP contribution in [0, 0.1) is 23.7 Å². The van der Waals surface area contributed by atoms with Crippen LogP contribution in [0.2, 0.25) is 0 Å². The van der Waals surface area contributed by atoms with E-state index in [4.69, 9.17) is 4.74 Å². The number of hydrogen-bond acceptors (Lipinski definition) is 3. The predicted octanol–water partition coefficient (Wildman–Crippen LogP) is 4.14. The van der Waals surface area contributed by atoms with Gasteiger partial charge in [-0.1, -0.05) is 39.0 Å². The molecule has 0 aromatic carbocycles. The molecule has 2 rings (SSSR count). The number of hydrogen-bond donors (Lipinski definition) is 0. The average Bonchev–Trinajstić information content (AvgIpc) is 2.52. The summed E-state index contributed by atoms with van der Waals surface area (Å²) in [6.45, 7) is 2.26. The zero-order chi connectivity index (χ0) is 15.2. The van der Waals surface area contributed by atoms with Crippen LogP contribution in [-0.2, 0) is 14.3 Å². The topological polar surface area (TPSA) is 43.4 Å². The highest BCUT2D eigenvalue weighted by Crippen LogP contribution is 2.41. The molecular weight excluding hydrogens is 264 g/mol. The molecule has 0 radical (unpaired) electrons. The molecule has 2 fully saturated rings. The average molecular weight is 294 g/mol. The smallest absolute Gasteiger partial charge is 0.316 e. The molecule has 0 spiro atoms. The van der Waals surface area contributed by atoms with Gasteiger partial charge in [0, 0.05) is 6.42 Å². The third kappa shape index (κ3) is 4.31. The van der Waals surface area contributed by atoms with Gasteiger partial charge in [0.25, 0.3) is 0 Å². The molecule has 0 aromatic rings. The van der Waals surface area contributed by atoms with Crippen LogP contribution in [0.15, 0.2) is 0 Å². The molecule has 2 unspecified atom stereocenters.